The summed E-state index contributed by atoms with van der Waals surface area (Å²) < 4.78 is 17.7. The number of carbonyl (C=O) groups excluding carboxylic acids is 2. The molecule has 0 radical (unpaired) electrons. The average molecular weight is 442 g/mol. The summed E-state index contributed by atoms with van der Waals surface area (Å²) in [7, 11) is 0. The quantitative estimate of drug-likeness (QED) is 0.300. The normalized spacial score (nSPS) is 10.8. The number of aryl methyl sites for hydroxylation is 1. The molecule has 3 rings (SSSR count). The topological polar surface area (TPSA) is 139 Å². The van der Waals surface area contributed by atoms with Crippen LogP contribution in [0.5, 0.6) is 5.75 Å². The van der Waals surface area contributed by atoms with Crippen LogP contribution in [0, 0.1) is 10.1 Å². The SMILES string of the molecule is CCn1cc(NC(=O)c2ccc(COc3ccc([N+](=O)[O-])cc3)o2)c(C(=O)OC(C)C)n1. The van der Waals surface area contributed by atoms with Crippen LogP contribution >= 0.6 is 0 Å². The molecule has 2 heterocycles. The van der Waals surface area contributed by atoms with Gasteiger partial charge in [0.25, 0.3) is 11.6 Å². The Balaban J connectivity index is 1.65. The standard InChI is InChI=1S/C21H22N4O7/c1-4-24-11-17(19(23-24)21(27)31-13(2)3)22-20(26)18-10-9-16(32-18)12-30-15-7-5-14(6-8-15)25(28)29/h5-11,13H,4,12H2,1-3H3,(H,22,26). The number of esters is 1. The van der Waals surface area contributed by atoms with Crippen molar-refractivity contribution in [3.05, 3.63) is 69.9 Å². The van der Waals surface area contributed by atoms with Crippen molar-refractivity contribution in [2.75, 3.05) is 5.32 Å². The van der Waals surface area contributed by atoms with Crippen LogP contribution in [0.2, 0.25) is 0 Å². The third-order valence-corrected chi connectivity index (χ3v) is 4.18. The van der Waals surface area contributed by atoms with E-state index in [0.29, 0.717) is 18.1 Å². The first-order valence-corrected chi connectivity index (χ1v) is 9.82. The molecule has 0 saturated carbocycles. The van der Waals surface area contributed by atoms with Gasteiger partial charge in [0.15, 0.2) is 11.5 Å². The number of nitro benzene ring substituents is 1. The summed E-state index contributed by atoms with van der Waals surface area (Å²) in [6, 6.07) is 8.64. The van der Waals surface area contributed by atoms with Crippen molar-refractivity contribution < 1.29 is 28.4 Å². The van der Waals surface area contributed by atoms with Gasteiger partial charge in [-0.3, -0.25) is 19.6 Å². The molecule has 0 aliphatic rings. The van der Waals surface area contributed by atoms with Crippen LogP contribution in [0.1, 0.15) is 47.6 Å². The lowest BCUT2D eigenvalue weighted by Gasteiger charge is -2.07. The number of nitrogens with zero attached hydrogens (tertiary/aromatic N) is 3. The fourth-order valence-corrected chi connectivity index (χ4v) is 2.68. The third-order valence-electron chi connectivity index (χ3n) is 4.18. The minimum Gasteiger partial charge on any atom is -0.486 e. The van der Waals surface area contributed by atoms with E-state index in [4.69, 9.17) is 13.9 Å². The molecule has 0 bridgehead atoms. The highest BCUT2D eigenvalue weighted by Gasteiger charge is 2.22. The van der Waals surface area contributed by atoms with E-state index in [1.807, 2.05) is 6.92 Å². The molecule has 0 aliphatic heterocycles. The molecule has 1 aromatic carbocycles. The Hall–Kier alpha value is -4.15. The average Bonchev–Trinajstić information content (AvgIpc) is 3.39. The number of carbonyl (C=O) groups is 2. The number of furan rings is 1. The van der Waals surface area contributed by atoms with E-state index in [2.05, 4.69) is 10.4 Å². The number of hydrogen-bond acceptors (Lipinski definition) is 8. The molecule has 11 nitrogen and oxygen atoms in total. The number of aromatic nitrogens is 2. The Morgan fingerprint density at radius 3 is 2.56 bits per heavy atom. The second kappa shape index (κ2) is 9.77. The number of nitro groups is 1. The lowest BCUT2D eigenvalue weighted by Crippen LogP contribution is -2.17. The van der Waals surface area contributed by atoms with Crippen LogP contribution in [0.3, 0.4) is 0 Å². The number of rotatable bonds is 9. The van der Waals surface area contributed by atoms with E-state index in [9.17, 15) is 19.7 Å². The Kier molecular flexibility index (Phi) is 6.88. The van der Waals surface area contributed by atoms with E-state index in [1.54, 1.807) is 19.9 Å². The molecule has 0 unspecified atom stereocenters. The number of anilines is 1. The summed E-state index contributed by atoms with van der Waals surface area (Å²) in [5.74, 6) is -0.407. The first kappa shape index (κ1) is 22.5. The Morgan fingerprint density at radius 2 is 1.94 bits per heavy atom. The molecular weight excluding hydrogens is 420 g/mol. The Morgan fingerprint density at radius 1 is 1.22 bits per heavy atom. The summed E-state index contributed by atoms with van der Waals surface area (Å²) in [6.07, 6.45) is 1.21. The molecule has 0 fully saturated rings. The maximum atomic E-state index is 12.6. The van der Waals surface area contributed by atoms with Crippen LogP contribution < -0.4 is 10.1 Å². The van der Waals surface area contributed by atoms with Gasteiger partial charge in [-0.15, -0.1) is 0 Å². The number of nitrogens with one attached hydrogen (secondary N) is 1. The van der Waals surface area contributed by atoms with Gasteiger partial charge in [-0.1, -0.05) is 0 Å². The fraction of sp³-hybridized carbons (Fsp3) is 0.286. The molecule has 32 heavy (non-hydrogen) atoms. The van der Waals surface area contributed by atoms with Crippen molar-refractivity contribution in [1.82, 2.24) is 9.78 Å². The number of ether oxygens (including phenoxy) is 2. The molecule has 3 aromatic rings. The predicted octanol–water partition coefficient (Wildman–Crippen LogP) is 3.80. The molecule has 0 spiro atoms. The summed E-state index contributed by atoms with van der Waals surface area (Å²) in [5, 5.41) is 17.5. The lowest BCUT2D eigenvalue weighted by molar-refractivity contribution is -0.384. The zero-order chi connectivity index (χ0) is 23.3. The van der Waals surface area contributed by atoms with Gasteiger partial charge in [-0.05, 0) is 45.0 Å². The van der Waals surface area contributed by atoms with E-state index < -0.39 is 16.8 Å². The smallest absolute Gasteiger partial charge is 0.361 e. The second-order valence-corrected chi connectivity index (χ2v) is 6.96. The van der Waals surface area contributed by atoms with Gasteiger partial charge in [0.2, 0.25) is 0 Å². The van der Waals surface area contributed by atoms with Crippen molar-refractivity contribution in [2.24, 2.45) is 0 Å². The zero-order valence-corrected chi connectivity index (χ0v) is 17.7. The van der Waals surface area contributed by atoms with Gasteiger partial charge < -0.3 is 19.2 Å². The number of non-ortho nitro benzene ring substituents is 1. The second-order valence-electron chi connectivity index (χ2n) is 6.96. The van der Waals surface area contributed by atoms with E-state index in [1.165, 1.54) is 41.2 Å². The van der Waals surface area contributed by atoms with Crippen molar-refractivity contribution >= 4 is 23.3 Å². The van der Waals surface area contributed by atoms with Crippen molar-refractivity contribution in [2.45, 2.75) is 40.0 Å². The molecule has 2 aromatic heterocycles. The third kappa shape index (κ3) is 5.50. The summed E-state index contributed by atoms with van der Waals surface area (Å²) in [5.41, 5.74) is 0.169. The van der Waals surface area contributed by atoms with Gasteiger partial charge in [0, 0.05) is 24.9 Å². The molecule has 0 saturated heterocycles. The lowest BCUT2D eigenvalue weighted by atomic mass is 10.3. The first-order valence-electron chi connectivity index (χ1n) is 9.82. The Labute approximate surface area is 183 Å². The highest BCUT2D eigenvalue weighted by atomic mass is 16.6. The van der Waals surface area contributed by atoms with Crippen LogP contribution in [0.4, 0.5) is 11.4 Å². The Bertz CT molecular complexity index is 1120. The van der Waals surface area contributed by atoms with Crippen molar-refractivity contribution in [1.29, 1.82) is 0 Å². The van der Waals surface area contributed by atoms with Gasteiger partial charge in [-0.2, -0.15) is 5.10 Å². The molecule has 1 amide bonds. The van der Waals surface area contributed by atoms with E-state index in [0.717, 1.165) is 0 Å². The van der Waals surface area contributed by atoms with E-state index >= 15 is 0 Å². The highest BCUT2D eigenvalue weighted by Crippen LogP contribution is 2.21. The molecule has 11 heteroatoms. The van der Waals surface area contributed by atoms with Crippen LogP contribution in [0.15, 0.2) is 47.0 Å². The number of amides is 1. The molecule has 0 atom stereocenters. The van der Waals surface area contributed by atoms with E-state index in [-0.39, 0.29) is 35.5 Å². The number of hydrogen-bond donors (Lipinski definition) is 1. The largest absolute Gasteiger partial charge is 0.486 e. The van der Waals surface area contributed by atoms with Gasteiger partial charge in [0.05, 0.1) is 16.7 Å². The summed E-state index contributed by atoms with van der Waals surface area (Å²) in [6.45, 7) is 5.81. The molecule has 1 N–H and O–H groups in total. The minimum atomic E-state index is -0.640. The maximum absolute atomic E-state index is 12.6. The van der Waals surface area contributed by atoms with Crippen LogP contribution in [-0.2, 0) is 17.9 Å². The van der Waals surface area contributed by atoms with Gasteiger partial charge >= 0.3 is 5.97 Å². The fourth-order valence-electron chi connectivity index (χ4n) is 2.68. The highest BCUT2D eigenvalue weighted by molar-refractivity contribution is 6.06. The minimum absolute atomic E-state index is 0.00202. The van der Waals surface area contributed by atoms with Crippen LogP contribution in [-0.4, -0.2) is 32.7 Å². The van der Waals surface area contributed by atoms with Gasteiger partial charge in [-0.25, -0.2) is 4.79 Å². The van der Waals surface area contributed by atoms with Gasteiger partial charge in [0.1, 0.15) is 18.1 Å². The van der Waals surface area contributed by atoms with Crippen LogP contribution in [0.25, 0.3) is 0 Å². The summed E-state index contributed by atoms with van der Waals surface area (Å²) >= 11 is 0. The predicted molar refractivity (Wildman–Crippen MR) is 113 cm³/mol. The van der Waals surface area contributed by atoms with Crippen molar-refractivity contribution in [3.8, 4) is 5.75 Å². The molecule has 168 valence electrons. The zero-order valence-electron chi connectivity index (χ0n) is 17.7. The maximum Gasteiger partial charge on any atom is 0.361 e. The summed E-state index contributed by atoms with van der Waals surface area (Å²) in [4.78, 5) is 35.1. The first-order chi connectivity index (χ1) is 15.3. The molecular formula is C21H22N4O7. The van der Waals surface area contributed by atoms with Crippen molar-refractivity contribution in [3.63, 3.8) is 0 Å². The molecule has 0 aliphatic carbocycles. The number of benzene rings is 1. The monoisotopic (exact) mass is 442 g/mol.